The van der Waals surface area contributed by atoms with E-state index >= 15 is 0 Å². The molecule has 9 aromatic heterocycles. The van der Waals surface area contributed by atoms with Gasteiger partial charge in [-0.15, -0.1) is 34.0 Å². The van der Waals surface area contributed by atoms with Crippen LogP contribution < -0.4 is 31.1 Å². The number of carbonyl (C=O) groups is 4. The molecular weight excluding hydrogens is 1650 g/mol. The number of carboxylic acids is 1. The number of rotatable bonds is 17. The van der Waals surface area contributed by atoms with Crippen molar-refractivity contribution in [1.82, 2.24) is 58.7 Å². The number of anilines is 6. The molecule has 6 saturated heterocycles. The van der Waals surface area contributed by atoms with Crippen molar-refractivity contribution in [2.75, 3.05) is 83.7 Å². The van der Waals surface area contributed by atoms with Gasteiger partial charge in [0, 0.05) is 109 Å². The van der Waals surface area contributed by atoms with Gasteiger partial charge in [-0.2, -0.15) is 15.3 Å². The van der Waals surface area contributed by atoms with Crippen LogP contribution in [0.2, 0.25) is 0 Å². The number of aliphatic hydroxyl groups excluding tert-OH is 2. The van der Waals surface area contributed by atoms with Gasteiger partial charge in [0.1, 0.15) is 40.4 Å². The largest absolute Gasteiger partial charge is 0.477 e. The van der Waals surface area contributed by atoms with E-state index in [1.807, 2.05) is 67.0 Å². The van der Waals surface area contributed by atoms with Gasteiger partial charge in [0.2, 0.25) is 0 Å². The van der Waals surface area contributed by atoms with Crippen molar-refractivity contribution in [3.05, 3.63) is 140 Å². The van der Waals surface area contributed by atoms with E-state index in [4.69, 9.17) is 60.3 Å². The number of hydrogen-bond acceptors (Lipinski definition) is 29. The van der Waals surface area contributed by atoms with Gasteiger partial charge in [0.15, 0.2) is 16.9 Å². The number of hydrogen-bond donors (Lipinski definition) is 11. The number of nitrogens with zero attached hydrogens (tertiary/aromatic N) is 15. The Bertz CT molecular complexity index is 5970. The molecule has 3 saturated carbocycles. The van der Waals surface area contributed by atoms with Gasteiger partial charge in [0.05, 0.1) is 137 Å². The summed E-state index contributed by atoms with van der Waals surface area (Å²) in [4.78, 5) is 84.9. The summed E-state index contributed by atoms with van der Waals surface area (Å²) in [6.45, 7) is 15.4. The zero-order chi connectivity index (χ0) is 86.8. The number of morpholine rings is 3. The van der Waals surface area contributed by atoms with Crippen LogP contribution >= 0.6 is 34.0 Å². The Kier molecular flexibility index (Phi) is 25.6. The minimum Gasteiger partial charge on any atom is -0.477 e. The number of nitrogen functional groups attached to an aromatic ring is 1. The molecule has 6 aliphatic heterocycles. The molecule has 12 aromatic rings. The molecular formula is C88H108BN19O14S3. The molecule has 3 aromatic carbocycles. The molecule has 9 fully saturated rings. The molecule has 0 spiro atoms. The number of nitrogens with one attached hydrogen (secondary N) is 3. The number of aliphatic hydroxyl groups is 5. The summed E-state index contributed by atoms with van der Waals surface area (Å²) in [7, 11) is 0.250. The standard InChI is InChI=1S/C29H34N6O4S.C29H32N6O4S.C17H24N2O2S.C12H12N4O3.CH4.BH2NO/c2*1-29(2,38)21-10-23-24(40-28(32-23)17-5-3-16(14-36)4-6-17)11-22(21)31-27(37)20-12-30-35-8-7-25(33-26(20)35)34-13-19-9-18(34)15-39-19;1-17(2,21)12-7-14-15(8-13(12)18)22-16(19-14)11-5-3-10(9-20)4-6-11;17-12(18)9-4-13-16-2-1-10(14-11(9)16)15-5-8-3-7(15)6-19-8;;2-1-3/h7-8,10-12,16-19,36,38H,3-6,9,13-15H2,1-2H3,(H,31,37);7-8,10-12,14,16-19,38H,3-6,9,13,15H2,1-2H3,(H,31,37);7-8,10-11,20-21H,3-6,9,18H2,1-2H3;1-2,4,7-8H,3,5-6H2,(H,17,18);1H4;2-3H/t2*16?,17?,18-,19-;;7-,8-;;/m11.1../s1. The third kappa shape index (κ3) is 18.6. The van der Waals surface area contributed by atoms with Crippen molar-refractivity contribution in [1.29, 1.82) is 5.31 Å². The molecule has 6 atom stereocenters. The van der Waals surface area contributed by atoms with Gasteiger partial charge in [-0.05, 0) is 204 Å². The number of carboxylic acid groups (broad SMARTS) is 1. The first-order chi connectivity index (χ1) is 59.5. The second-order valence-electron chi connectivity index (χ2n) is 35.7. The average molecular weight is 1760 g/mol. The van der Waals surface area contributed by atoms with Crippen LogP contribution in [-0.2, 0) is 35.8 Å². The molecule has 660 valence electrons. The van der Waals surface area contributed by atoms with Gasteiger partial charge >= 0.3 is 23.6 Å². The Hall–Kier alpha value is -10.2. The minimum absolute atomic E-state index is 0. The van der Waals surface area contributed by atoms with Crippen LogP contribution in [0.25, 0.3) is 47.6 Å². The third-order valence-electron chi connectivity index (χ3n) is 25.7. The predicted molar refractivity (Wildman–Crippen MR) is 479 cm³/mol. The summed E-state index contributed by atoms with van der Waals surface area (Å²) in [6.07, 6.45) is 26.8. The Morgan fingerprint density at radius 3 is 1.15 bits per heavy atom. The number of fused-ring (bicyclic) bond motifs is 12. The fourth-order valence-electron chi connectivity index (χ4n) is 18.9. The van der Waals surface area contributed by atoms with E-state index in [9.17, 15) is 44.7 Å². The van der Waals surface area contributed by atoms with E-state index < -0.39 is 22.8 Å². The molecule has 2 amide bonds. The first kappa shape index (κ1) is 88.3. The summed E-state index contributed by atoms with van der Waals surface area (Å²) in [5.41, 5.74) is 11.1. The van der Waals surface area contributed by atoms with Gasteiger partial charge in [-0.25, -0.2) is 48.2 Å². The van der Waals surface area contributed by atoms with Crippen LogP contribution in [0.5, 0.6) is 0 Å². The quantitative estimate of drug-likeness (QED) is 0.0229. The molecule has 0 radical (unpaired) electrons. The van der Waals surface area contributed by atoms with Crippen LogP contribution in [0, 0.1) is 23.1 Å². The first-order valence-electron chi connectivity index (χ1n) is 42.7. The monoisotopic (exact) mass is 1760 g/mol. The van der Waals surface area contributed by atoms with E-state index in [0.29, 0.717) is 124 Å². The average Bonchev–Trinajstić information content (AvgIpc) is 1.73. The number of thiazole rings is 3. The molecule has 6 bridgehead atoms. The van der Waals surface area contributed by atoms with Gasteiger partial charge in [-0.1, -0.05) is 7.43 Å². The molecule has 37 heteroatoms. The van der Waals surface area contributed by atoms with E-state index in [2.05, 4.69) is 45.6 Å². The maximum atomic E-state index is 13.6. The fourth-order valence-corrected chi connectivity index (χ4v) is 22.4. The van der Waals surface area contributed by atoms with Crippen molar-refractivity contribution in [2.24, 2.45) is 17.8 Å². The molecule has 21 rings (SSSR count). The van der Waals surface area contributed by atoms with Crippen molar-refractivity contribution < 1.29 is 69.1 Å². The van der Waals surface area contributed by atoms with E-state index in [-0.39, 0.29) is 62.9 Å². The Morgan fingerprint density at radius 1 is 0.512 bits per heavy atom. The van der Waals surface area contributed by atoms with Crippen LogP contribution in [-0.4, -0.2) is 215 Å². The zero-order valence-electron chi connectivity index (χ0n) is 70.0. The normalized spacial score (nSPS) is 23.8. The summed E-state index contributed by atoms with van der Waals surface area (Å²) < 4.78 is 24.7. The first-order valence-corrected chi connectivity index (χ1v) is 45.1. The van der Waals surface area contributed by atoms with Crippen molar-refractivity contribution in [3.8, 4) is 0 Å². The number of nitrogens with two attached hydrogens (primary N) is 1. The third-order valence-corrected chi connectivity index (χ3v) is 29.3. The Balaban J connectivity index is 0.000000127. The van der Waals surface area contributed by atoms with Crippen LogP contribution in [0.15, 0.2) is 91.8 Å². The predicted octanol–water partition coefficient (Wildman–Crippen LogP) is 12.1. The maximum absolute atomic E-state index is 13.6. The molecule has 15 heterocycles. The Labute approximate surface area is 734 Å². The van der Waals surface area contributed by atoms with E-state index in [1.54, 1.807) is 90.8 Å². The minimum atomic E-state index is -1.20. The second-order valence-corrected chi connectivity index (χ2v) is 38.9. The van der Waals surface area contributed by atoms with Crippen molar-refractivity contribution >= 4 is 147 Å². The van der Waals surface area contributed by atoms with Gasteiger partial charge in [0.25, 0.3) is 11.8 Å². The summed E-state index contributed by atoms with van der Waals surface area (Å²) >= 11 is 4.97. The topological polar surface area (TPSA) is 450 Å². The summed E-state index contributed by atoms with van der Waals surface area (Å²) in [6, 6.07) is 18.2. The zero-order valence-corrected chi connectivity index (χ0v) is 72.5. The number of amides is 2. The molecule has 0 unspecified atom stereocenters. The number of benzene rings is 3. The SMILES string of the molecule is C.CC(C)(O)c1cc2nc(C3CCC(C=O)CC3)sc2cc1NC(=O)c1cnn2ccc(N3C[C@H]4C[C@@H]3CO4)nc12.CC(C)(O)c1cc2nc(C3CCC(CO)CC3)sc2cc1N.CC(C)(O)c1cc2nc(C3CCC(CO)CC3)sc2cc1NC(=O)c1cnn2ccc(N3C[C@H]4C[C@@H]3CO4)nc12.N=BO.O=C(O)c1cnn2ccc(N3C[C@H]4C[C@@H]3CO4)nc12. The number of ether oxygens (including phenoxy) is 3. The van der Waals surface area contributed by atoms with Crippen molar-refractivity contribution in [3.63, 3.8) is 0 Å². The fraction of sp³-hybridized carbons (Fsp3) is 0.511. The van der Waals surface area contributed by atoms with Gasteiger partial charge in [-0.3, -0.25) is 9.59 Å². The van der Waals surface area contributed by atoms with E-state index in [1.165, 1.54) is 28.1 Å². The number of aromatic nitrogens is 12. The van der Waals surface area contributed by atoms with Crippen molar-refractivity contribution in [2.45, 2.75) is 216 Å². The Morgan fingerprint density at radius 2 is 0.840 bits per heavy atom. The summed E-state index contributed by atoms with van der Waals surface area (Å²) in [5.74, 6) is 2.95. The number of aldehydes is 1. The maximum Gasteiger partial charge on any atom is 0.341 e. The molecule has 125 heavy (non-hydrogen) atoms. The smallest absolute Gasteiger partial charge is 0.341 e. The molecule has 12 N–H and O–H groups in total. The van der Waals surface area contributed by atoms with Crippen LogP contribution in [0.3, 0.4) is 0 Å². The van der Waals surface area contributed by atoms with E-state index in [0.717, 1.165) is 193 Å². The van der Waals surface area contributed by atoms with Gasteiger partial charge < -0.3 is 80.7 Å². The number of carbonyl (C=O) groups excluding carboxylic acids is 3. The molecule has 3 aliphatic carbocycles. The molecule has 33 nitrogen and oxygen atoms in total. The molecule has 9 aliphatic rings. The van der Waals surface area contributed by atoms with Crippen LogP contribution in [0.1, 0.15) is 226 Å². The summed E-state index contributed by atoms with van der Waals surface area (Å²) in [5, 5.41) is 94.9. The second kappa shape index (κ2) is 36.3. The number of aromatic carboxylic acids is 1. The van der Waals surface area contributed by atoms with Crippen LogP contribution in [0.4, 0.5) is 34.5 Å².